The molecule has 0 aliphatic carbocycles. The van der Waals surface area contributed by atoms with Gasteiger partial charge in [0.05, 0.1) is 32.4 Å². The van der Waals surface area contributed by atoms with Crippen molar-refractivity contribution in [2.24, 2.45) is 0 Å². The van der Waals surface area contributed by atoms with Gasteiger partial charge < -0.3 is 4.74 Å². The summed E-state index contributed by atoms with van der Waals surface area (Å²) in [5.41, 5.74) is 1.60. The Labute approximate surface area is 193 Å². The van der Waals surface area contributed by atoms with Crippen LogP contribution in [0.1, 0.15) is 47.0 Å². The first kappa shape index (κ1) is 21.7. The number of hydrogen-bond donors (Lipinski definition) is 0. The Morgan fingerprint density at radius 1 is 0.844 bits per heavy atom. The predicted molar refractivity (Wildman–Crippen MR) is 120 cm³/mol. The minimum absolute atomic E-state index is 0.0964. The smallest absolute Gasteiger partial charge is 0.338 e. The third-order valence-electron chi connectivity index (χ3n) is 5.04. The van der Waals surface area contributed by atoms with Crippen molar-refractivity contribution in [2.45, 2.75) is 6.92 Å². The Balaban J connectivity index is 1.58. The lowest BCUT2D eigenvalue weighted by atomic mass is 10.1. The van der Waals surface area contributed by atoms with E-state index in [4.69, 9.17) is 27.9 Å². The van der Waals surface area contributed by atoms with Crippen LogP contribution in [0.3, 0.4) is 0 Å². The highest BCUT2D eigenvalue weighted by molar-refractivity contribution is 6.44. The molecule has 0 saturated heterocycles. The van der Waals surface area contributed by atoms with E-state index in [9.17, 15) is 19.2 Å². The maximum atomic E-state index is 12.9. The fourth-order valence-corrected chi connectivity index (χ4v) is 3.68. The van der Waals surface area contributed by atoms with Gasteiger partial charge in [0.2, 0.25) is 0 Å². The third kappa shape index (κ3) is 3.90. The Bertz CT molecular complexity index is 1250. The number of esters is 1. The maximum Gasteiger partial charge on any atom is 0.338 e. The summed E-state index contributed by atoms with van der Waals surface area (Å²) in [5.74, 6) is -2.24. The number of ether oxygens (including phenoxy) is 1. The van der Waals surface area contributed by atoms with Crippen LogP contribution in [-0.2, 0) is 4.74 Å². The van der Waals surface area contributed by atoms with Crippen LogP contribution in [0.25, 0.3) is 0 Å². The molecular weight excluding hydrogens is 453 g/mol. The SMILES string of the molecule is Cc1ccc(C(=O)OCC(=O)c2ccccc2)cc1N1C(=O)c2cc(Cl)c(Cl)cc2C1=O. The third-order valence-corrected chi connectivity index (χ3v) is 5.77. The summed E-state index contributed by atoms with van der Waals surface area (Å²) in [6, 6.07) is 15.6. The first-order valence-corrected chi connectivity index (χ1v) is 10.3. The van der Waals surface area contributed by atoms with Crippen molar-refractivity contribution in [3.63, 3.8) is 0 Å². The fourth-order valence-electron chi connectivity index (χ4n) is 3.35. The molecule has 32 heavy (non-hydrogen) atoms. The minimum atomic E-state index is -0.752. The van der Waals surface area contributed by atoms with E-state index in [0.29, 0.717) is 11.1 Å². The summed E-state index contributed by atoms with van der Waals surface area (Å²) < 4.78 is 5.14. The van der Waals surface area contributed by atoms with Gasteiger partial charge >= 0.3 is 5.97 Å². The molecule has 0 saturated carbocycles. The van der Waals surface area contributed by atoms with E-state index in [1.165, 1.54) is 24.3 Å². The van der Waals surface area contributed by atoms with Gasteiger partial charge in [-0.2, -0.15) is 0 Å². The van der Waals surface area contributed by atoms with Crippen LogP contribution in [0.15, 0.2) is 60.7 Å². The van der Waals surface area contributed by atoms with E-state index < -0.39 is 24.4 Å². The largest absolute Gasteiger partial charge is 0.454 e. The normalized spacial score (nSPS) is 12.7. The van der Waals surface area contributed by atoms with Crippen LogP contribution < -0.4 is 4.90 Å². The first-order chi connectivity index (χ1) is 15.3. The Morgan fingerprint density at radius 3 is 2.03 bits per heavy atom. The number of amides is 2. The Morgan fingerprint density at radius 2 is 1.44 bits per heavy atom. The molecule has 8 heteroatoms. The predicted octanol–water partition coefficient (Wildman–Crippen LogP) is 5.14. The lowest BCUT2D eigenvalue weighted by Gasteiger charge is -2.17. The number of nitrogens with zero attached hydrogens (tertiary/aromatic N) is 1. The summed E-state index contributed by atoms with van der Waals surface area (Å²) in [5, 5.41) is 0.316. The first-order valence-electron chi connectivity index (χ1n) is 9.52. The van der Waals surface area contributed by atoms with E-state index in [1.807, 2.05) is 0 Å². The lowest BCUT2D eigenvalue weighted by Crippen LogP contribution is -2.30. The molecule has 0 aromatic heterocycles. The number of hydrogen-bond acceptors (Lipinski definition) is 5. The lowest BCUT2D eigenvalue weighted by molar-refractivity contribution is 0.0474. The van der Waals surface area contributed by atoms with Crippen molar-refractivity contribution in [3.8, 4) is 0 Å². The number of carbonyl (C=O) groups is 4. The Kier molecular flexibility index (Phi) is 5.82. The fraction of sp³-hybridized carbons (Fsp3) is 0.0833. The average molecular weight is 468 g/mol. The van der Waals surface area contributed by atoms with Crippen LogP contribution >= 0.6 is 23.2 Å². The molecule has 0 unspecified atom stereocenters. The topological polar surface area (TPSA) is 80.8 Å². The molecule has 6 nitrogen and oxygen atoms in total. The summed E-state index contributed by atoms with van der Waals surface area (Å²) in [4.78, 5) is 51.5. The van der Waals surface area contributed by atoms with Gasteiger partial charge in [0.25, 0.3) is 11.8 Å². The van der Waals surface area contributed by atoms with Gasteiger partial charge in [-0.05, 0) is 36.8 Å². The van der Waals surface area contributed by atoms with Crippen molar-refractivity contribution in [1.29, 1.82) is 0 Å². The molecule has 0 N–H and O–H groups in total. The zero-order valence-corrected chi connectivity index (χ0v) is 18.2. The number of anilines is 1. The van der Waals surface area contributed by atoms with Gasteiger partial charge in [0.15, 0.2) is 12.4 Å². The highest BCUT2D eigenvalue weighted by Crippen LogP contribution is 2.35. The summed E-state index contributed by atoms with van der Waals surface area (Å²) >= 11 is 12.0. The molecular formula is C24H15Cl2NO5. The van der Waals surface area contributed by atoms with E-state index in [1.54, 1.807) is 43.3 Å². The number of aryl methyl sites for hydroxylation is 1. The molecule has 1 aliphatic heterocycles. The van der Waals surface area contributed by atoms with Gasteiger partial charge in [0, 0.05) is 5.56 Å². The standard InChI is InChI=1S/C24H15Cl2NO5/c1-13-7-8-15(24(31)32-12-21(28)14-5-3-2-4-6-14)9-20(13)27-22(29)16-10-18(25)19(26)11-17(16)23(27)30/h2-11H,12H2,1H3. The molecule has 0 fully saturated rings. The van der Waals surface area contributed by atoms with E-state index in [0.717, 1.165) is 4.90 Å². The molecule has 4 rings (SSSR count). The number of carbonyl (C=O) groups excluding carboxylic acids is 4. The van der Waals surface area contributed by atoms with E-state index >= 15 is 0 Å². The molecule has 1 heterocycles. The molecule has 160 valence electrons. The molecule has 3 aromatic rings. The van der Waals surface area contributed by atoms with Crippen LogP contribution in [0.4, 0.5) is 5.69 Å². The molecule has 1 aliphatic rings. The second-order valence-corrected chi connectivity index (χ2v) is 7.94. The second-order valence-electron chi connectivity index (χ2n) is 7.12. The van der Waals surface area contributed by atoms with Gasteiger partial charge in [-0.1, -0.05) is 59.6 Å². The number of rotatable bonds is 5. The zero-order chi connectivity index (χ0) is 23.0. The monoisotopic (exact) mass is 467 g/mol. The number of Topliss-reactive ketones (excluding diaryl/α,β-unsaturated/α-hetero) is 1. The quantitative estimate of drug-likeness (QED) is 0.294. The van der Waals surface area contributed by atoms with Crippen molar-refractivity contribution in [2.75, 3.05) is 11.5 Å². The zero-order valence-electron chi connectivity index (χ0n) is 16.7. The van der Waals surface area contributed by atoms with Gasteiger partial charge in [-0.3, -0.25) is 14.4 Å². The second kappa shape index (κ2) is 8.57. The van der Waals surface area contributed by atoms with Gasteiger partial charge in [-0.15, -0.1) is 0 Å². The van der Waals surface area contributed by atoms with Crippen LogP contribution in [0.2, 0.25) is 10.0 Å². The molecule has 0 spiro atoms. The number of fused-ring (bicyclic) bond motifs is 1. The molecule has 0 bridgehead atoms. The van der Waals surface area contributed by atoms with Crippen molar-refractivity contribution < 1.29 is 23.9 Å². The number of ketones is 1. The molecule has 0 atom stereocenters. The van der Waals surface area contributed by atoms with Crippen LogP contribution in [0, 0.1) is 6.92 Å². The van der Waals surface area contributed by atoms with E-state index in [2.05, 4.69) is 0 Å². The number of halogens is 2. The van der Waals surface area contributed by atoms with Crippen molar-refractivity contribution in [1.82, 2.24) is 0 Å². The van der Waals surface area contributed by atoms with E-state index in [-0.39, 0.29) is 38.2 Å². The maximum absolute atomic E-state index is 12.9. The number of benzene rings is 3. The molecule has 2 amide bonds. The average Bonchev–Trinajstić information content (AvgIpc) is 3.02. The van der Waals surface area contributed by atoms with Crippen LogP contribution in [0.5, 0.6) is 0 Å². The van der Waals surface area contributed by atoms with Crippen LogP contribution in [-0.4, -0.2) is 30.2 Å². The van der Waals surface area contributed by atoms with Gasteiger partial charge in [-0.25, -0.2) is 9.69 Å². The molecule has 0 radical (unpaired) electrons. The highest BCUT2D eigenvalue weighted by Gasteiger charge is 2.38. The van der Waals surface area contributed by atoms with Crippen molar-refractivity contribution in [3.05, 3.63) is 98.5 Å². The number of imide groups is 1. The summed E-state index contributed by atoms with van der Waals surface area (Å²) in [6.07, 6.45) is 0. The highest BCUT2D eigenvalue weighted by atomic mass is 35.5. The Hall–Kier alpha value is -3.48. The van der Waals surface area contributed by atoms with Crippen molar-refractivity contribution >= 4 is 52.5 Å². The van der Waals surface area contributed by atoms with Gasteiger partial charge in [0.1, 0.15) is 0 Å². The molecule has 3 aromatic carbocycles. The summed E-state index contributed by atoms with van der Waals surface area (Å²) in [7, 11) is 0. The minimum Gasteiger partial charge on any atom is -0.454 e. The summed E-state index contributed by atoms with van der Waals surface area (Å²) in [6.45, 7) is 1.27.